The molecule has 0 amide bonds. The second-order valence-corrected chi connectivity index (χ2v) is 9.11. The lowest BCUT2D eigenvalue weighted by atomic mass is 10.0. The summed E-state index contributed by atoms with van der Waals surface area (Å²) >= 11 is 0. The van der Waals surface area contributed by atoms with Crippen LogP contribution in [0.1, 0.15) is 61.8 Å². The van der Waals surface area contributed by atoms with Crippen molar-refractivity contribution in [3.8, 4) is 5.75 Å². The Kier molecular flexibility index (Phi) is 8.45. The molecular weight excluding hydrogens is 391 g/mol. The number of benzene rings is 3. The average Bonchev–Trinajstić information content (AvgIpc) is 2.77. The van der Waals surface area contributed by atoms with Gasteiger partial charge >= 0.3 is 8.60 Å². The van der Waals surface area contributed by atoms with Gasteiger partial charge in [0.25, 0.3) is 0 Å². The third-order valence-corrected chi connectivity index (χ3v) is 5.93. The van der Waals surface area contributed by atoms with Crippen LogP contribution in [-0.4, -0.2) is 0 Å². The molecule has 0 aliphatic heterocycles. The Labute approximate surface area is 182 Å². The van der Waals surface area contributed by atoms with Crippen LogP contribution in [0.5, 0.6) is 5.75 Å². The smallest absolute Gasteiger partial charge is 0.397 e. The highest BCUT2D eigenvalue weighted by atomic mass is 31.2. The number of hydrogen-bond donors (Lipinski definition) is 0. The number of rotatable bonds is 10. The van der Waals surface area contributed by atoms with Crippen molar-refractivity contribution in [1.29, 1.82) is 0 Å². The molecule has 0 radical (unpaired) electrons. The minimum atomic E-state index is -1.52. The van der Waals surface area contributed by atoms with Gasteiger partial charge in [-0.2, -0.15) is 0 Å². The molecule has 0 heterocycles. The summed E-state index contributed by atoms with van der Waals surface area (Å²) in [5.41, 5.74) is 4.85. The summed E-state index contributed by atoms with van der Waals surface area (Å²) in [6, 6.07) is 26.7. The van der Waals surface area contributed by atoms with Crippen LogP contribution < -0.4 is 4.52 Å². The molecule has 4 heteroatoms. The molecule has 0 atom stereocenters. The van der Waals surface area contributed by atoms with Crippen LogP contribution in [0, 0.1) is 0 Å². The van der Waals surface area contributed by atoms with E-state index in [2.05, 4.69) is 76.2 Å². The zero-order valence-corrected chi connectivity index (χ0v) is 19.1. The molecule has 0 saturated heterocycles. The Bertz CT molecular complexity index is 819. The van der Waals surface area contributed by atoms with Gasteiger partial charge in [-0.05, 0) is 46.2 Å². The highest BCUT2D eigenvalue weighted by Gasteiger charge is 2.16. The van der Waals surface area contributed by atoms with Gasteiger partial charge in [-0.3, -0.25) is 9.05 Å². The first-order valence-electron chi connectivity index (χ1n) is 10.5. The molecule has 3 nitrogen and oxygen atoms in total. The monoisotopic (exact) mass is 422 g/mol. The Morgan fingerprint density at radius 1 is 0.600 bits per heavy atom. The molecule has 0 aliphatic carbocycles. The fraction of sp³-hybridized carbons (Fsp3) is 0.308. The maximum absolute atomic E-state index is 6.04. The van der Waals surface area contributed by atoms with E-state index in [4.69, 9.17) is 13.6 Å². The van der Waals surface area contributed by atoms with Gasteiger partial charge in [0.2, 0.25) is 0 Å². The van der Waals surface area contributed by atoms with E-state index in [1.807, 2.05) is 30.3 Å². The van der Waals surface area contributed by atoms with Gasteiger partial charge < -0.3 is 4.52 Å². The third-order valence-electron chi connectivity index (χ3n) is 4.89. The van der Waals surface area contributed by atoms with E-state index in [0.29, 0.717) is 25.0 Å². The Morgan fingerprint density at radius 2 is 1.03 bits per heavy atom. The molecule has 0 saturated carbocycles. The van der Waals surface area contributed by atoms with Crippen molar-refractivity contribution >= 4 is 8.60 Å². The zero-order valence-electron chi connectivity index (χ0n) is 18.2. The van der Waals surface area contributed by atoms with Gasteiger partial charge in [-0.25, -0.2) is 0 Å². The van der Waals surface area contributed by atoms with Gasteiger partial charge in [0.1, 0.15) is 5.75 Å². The van der Waals surface area contributed by atoms with E-state index in [1.165, 1.54) is 11.1 Å². The Morgan fingerprint density at radius 3 is 1.43 bits per heavy atom. The zero-order chi connectivity index (χ0) is 21.3. The molecule has 3 rings (SSSR count). The normalized spacial score (nSPS) is 11.4. The van der Waals surface area contributed by atoms with E-state index >= 15 is 0 Å². The van der Waals surface area contributed by atoms with Gasteiger partial charge in [0.15, 0.2) is 0 Å². The van der Waals surface area contributed by atoms with Gasteiger partial charge in [-0.1, -0.05) is 94.4 Å². The fourth-order valence-corrected chi connectivity index (χ4v) is 3.89. The van der Waals surface area contributed by atoms with Gasteiger partial charge in [-0.15, -0.1) is 0 Å². The topological polar surface area (TPSA) is 27.7 Å². The van der Waals surface area contributed by atoms with E-state index in [1.54, 1.807) is 0 Å². The first-order chi connectivity index (χ1) is 14.5. The summed E-state index contributed by atoms with van der Waals surface area (Å²) in [5.74, 6) is 1.78. The highest BCUT2D eigenvalue weighted by Crippen LogP contribution is 2.42. The molecule has 0 aliphatic rings. The minimum Gasteiger partial charge on any atom is -0.427 e. The minimum absolute atomic E-state index is 0.448. The summed E-state index contributed by atoms with van der Waals surface area (Å²) in [5, 5.41) is 0. The first-order valence-corrected chi connectivity index (χ1v) is 11.6. The maximum Gasteiger partial charge on any atom is 0.397 e. The molecule has 0 bridgehead atoms. The summed E-state index contributed by atoms with van der Waals surface area (Å²) in [4.78, 5) is 0. The van der Waals surface area contributed by atoms with Crippen molar-refractivity contribution in [2.75, 3.05) is 0 Å². The van der Waals surface area contributed by atoms with E-state index in [0.717, 1.165) is 16.9 Å². The van der Waals surface area contributed by atoms with E-state index in [-0.39, 0.29) is 0 Å². The van der Waals surface area contributed by atoms with Crippen molar-refractivity contribution < 1.29 is 13.6 Å². The average molecular weight is 423 g/mol. The predicted octanol–water partition coefficient (Wildman–Crippen LogP) is 7.97. The van der Waals surface area contributed by atoms with Crippen LogP contribution in [0.4, 0.5) is 0 Å². The Balaban J connectivity index is 1.62. The third kappa shape index (κ3) is 6.95. The summed E-state index contributed by atoms with van der Waals surface area (Å²) in [6.45, 7) is 9.67. The van der Waals surface area contributed by atoms with Crippen molar-refractivity contribution in [2.24, 2.45) is 0 Å². The van der Waals surface area contributed by atoms with Gasteiger partial charge in [0.05, 0.1) is 13.2 Å². The lowest BCUT2D eigenvalue weighted by molar-refractivity contribution is 0.192. The van der Waals surface area contributed by atoms with Crippen LogP contribution in [-0.2, 0) is 22.3 Å². The second kappa shape index (κ2) is 11.3. The maximum atomic E-state index is 6.04. The number of para-hydroxylation sites is 1. The molecule has 0 unspecified atom stereocenters. The van der Waals surface area contributed by atoms with E-state index in [9.17, 15) is 0 Å². The molecular formula is C26H31O3P. The fourth-order valence-electron chi connectivity index (χ4n) is 2.91. The molecule has 0 spiro atoms. The SMILES string of the molecule is CC(C)c1ccc(COP(OCc2ccc(C(C)C)cc2)Oc2ccccc2)cc1. The first kappa shape index (κ1) is 22.5. The molecule has 0 fully saturated rings. The van der Waals surface area contributed by atoms with E-state index < -0.39 is 8.60 Å². The number of hydrogen-bond acceptors (Lipinski definition) is 3. The molecule has 3 aromatic carbocycles. The van der Waals surface area contributed by atoms with Crippen molar-refractivity contribution in [3.05, 3.63) is 101 Å². The highest BCUT2D eigenvalue weighted by molar-refractivity contribution is 7.42. The summed E-state index contributed by atoms with van der Waals surface area (Å²) in [7, 11) is -1.52. The predicted molar refractivity (Wildman–Crippen MR) is 125 cm³/mol. The van der Waals surface area contributed by atoms with Crippen LogP contribution in [0.15, 0.2) is 78.9 Å². The summed E-state index contributed by atoms with van der Waals surface area (Å²) in [6.07, 6.45) is 0. The van der Waals surface area contributed by atoms with Crippen LogP contribution in [0.25, 0.3) is 0 Å². The molecule has 30 heavy (non-hydrogen) atoms. The standard InChI is InChI=1S/C26H31O3P/c1-20(2)24-14-10-22(11-15-24)18-27-30(29-26-8-6-5-7-9-26)28-19-23-12-16-25(17-13-23)21(3)4/h5-17,20-21H,18-19H2,1-4H3. The Hall–Kier alpha value is -2.19. The molecule has 0 aromatic heterocycles. The molecule has 0 N–H and O–H groups in total. The van der Waals surface area contributed by atoms with Crippen LogP contribution in [0.3, 0.4) is 0 Å². The lowest BCUT2D eigenvalue weighted by Crippen LogP contribution is -2.00. The van der Waals surface area contributed by atoms with Crippen molar-refractivity contribution in [2.45, 2.75) is 52.7 Å². The van der Waals surface area contributed by atoms with Crippen LogP contribution in [0.2, 0.25) is 0 Å². The van der Waals surface area contributed by atoms with Crippen LogP contribution >= 0.6 is 8.60 Å². The second-order valence-electron chi connectivity index (χ2n) is 7.97. The summed E-state index contributed by atoms with van der Waals surface area (Å²) < 4.78 is 18.1. The molecule has 3 aromatic rings. The van der Waals surface area contributed by atoms with Crippen molar-refractivity contribution in [1.82, 2.24) is 0 Å². The van der Waals surface area contributed by atoms with Crippen molar-refractivity contribution in [3.63, 3.8) is 0 Å². The van der Waals surface area contributed by atoms with Gasteiger partial charge in [0, 0.05) is 0 Å². The largest absolute Gasteiger partial charge is 0.427 e. The molecule has 158 valence electrons. The lowest BCUT2D eigenvalue weighted by Gasteiger charge is -2.18. The quantitative estimate of drug-likeness (QED) is 0.310.